The Morgan fingerprint density at radius 3 is 2.44 bits per heavy atom. The van der Waals surface area contributed by atoms with Gasteiger partial charge in [-0.3, -0.25) is 0 Å². The third-order valence-electron chi connectivity index (χ3n) is 3.85. The Bertz CT molecular complexity index is 414. The zero-order chi connectivity index (χ0) is 13.2. The number of benzene rings is 1. The van der Waals surface area contributed by atoms with E-state index in [-0.39, 0.29) is 5.75 Å². The van der Waals surface area contributed by atoms with Gasteiger partial charge in [-0.25, -0.2) is 4.39 Å². The maximum absolute atomic E-state index is 13.6. The van der Waals surface area contributed by atoms with Crippen molar-refractivity contribution in [2.24, 2.45) is 0 Å². The number of ether oxygens (including phenoxy) is 2. The average Bonchev–Trinajstić information content (AvgIpc) is 2.87. The first-order valence-corrected chi connectivity index (χ1v) is 6.19. The lowest BCUT2D eigenvalue weighted by atomic mass is 9.89. The maximum Gasteiger partial charge on any atom is 0.165 e. The van der Waals surface area contributed by atoms with Crippen molar-refractivity contribution in [3.8, 4) is 5.75 Å². The van der Waals surface area contributed by atoms with E-state index in [1.165, 1.54) is 19.2 Å². The number of hydrogen-bond acceptors (Lipinski definition) is 3. The molecule has 2 rings (SSSR count). The molecule has 1 aromatic carbocycles. The lowest BCUT2D eigenvalue weighted by Crippen LogP contribution is -2.35. The van der Waals surface area contributed by atoms with E-state index in [9.17, 15) is 9.50 Å². The molecule has 0 bridgehead atoms. The van der Waals surface area contributed by atoms with Gasteiger partial charge in [-0.15, -0.1) is 0 Å². The first kappa shape index (κ1) is 13.3. The molecule has 1 aromatic rings. The zero-order valence-electron chi connectivity index (χ0n) is 10.8. The van der Waals surface area contributed by atoms with Crippen LogP contribution in [0.1, 0.15) is 37.4 Å². The smallest absolute Gasteiger partial charge is 0.165 e. The fraction of sp³-hybridized carbons (Fsp3) is 0.571. The summed E-state index contributed by atoms with van der Waals surface area (Å²) < 4.78 is 24.0. The van der Waals surface area contributed by atoms with Crippen LogP contribution in [0, 0.1) is 5.82 Å². The van der Waals surface area contributed by atoms with Crippen molar-refractivity contribution >= 4 is 0 Å². The number of hydrogen-bond donors (Lipinski definition) is 1. The predicted octanol–water partition coefficient (Wildman–Crippen LogP) is 2.83. The van der Waals surface area contributed by atoms with E-state index in [2.05, 4.69) is 0 Å². The van der Waals surface area contributed by atoms with Gasteiger partial charge < -0.3 is 14.6 Å². The standard InChI is InChI=1S/C14H19FO3/c1-17-12-6-5-10(9-11(12)15)13(16)14(18-2)7-3-4-8-14/h5-6,9,13,16H,3-4,7-8H2,1-2H3. The van der Waals surface area contributed by atoms with Crippen LogP contribution < -0.4 is 4.74 Å². The molecule has 1 saturated carbocycles. The molecule has 0 saturated heterocycles. The van der Waals surface area contributed by atoms with Gasteiger partial charge in [0.1, 0.15) is 6.10 Å². The normalized spacial score (nSPS) is 19.8. The van der Waals surface area contributed by atoms with Crippen molar-refractivity contribution in [3.63, 3.8) is 0 Å². The third kappa shape index (κ3) is 2.22. The lowest BCUT2D eigenvalue weighted by molar-refractivity contribution is -0.100. The highest BCUT2D eigenvalue weighted by Crippen LogP contribution is 2.42. The first-order chi connectivity index (χ1) is 8.63. The Hall–Kier alpha value is -1.13. The topological polar surface area (TPSA) is 38.7 Å². The van der Waals surface area contributed by atoms with Crippen LogP contribution in [0.3, 0.4) is 0 Å². The molecule has 18 heavy (non-hydrogen) atoms. The number of aliphatic hydroxyl groups is 1. The molecule has 1 aliphatic carbocycles. The fourth-order valence-electron chi connectivity index (χ4n) is 2.72. The van der Waals surface area contributed by atoms with Gasteiger partial charge in [0.25, 0.3) is 0 Å². The van der Waals surface area contributed by atoms with Crippen molar-refractivity contribution in [3.05, 3.63) is 29.6 Å². The summed E-state index contributed by atoms with van der Waals surface area (Å²) in [5, 5.41) is 10.4. The summed E-state index contributed by atoms with van der Waals surface area (Å²) in [5.74, 6) is -0.276. The number of halogens is 1. The van der Waals surface area contributed by atoms with E-state index < -0.39 is 17.5 Å². The fourth-order valence-corrected chi connectivity index (χ4v) is 2.72. The van der Waals surface area contributed by atoms with Crippen LogP contribution in [-0.2, 0) is 4.74 Å². The van der Waals surface area contributed by atoms with Gasteiger partial charge in [-0.1, -0.05) is 18.9 Å². The van der Waals surface area contributed by atoms with Crippen LogP contribution in [-0.4, -0.2) is 24.9 Å². The Balaban J connectivity index is 2.27. The van der Waals surface area contributed by atoms with Crippen molar-refractivity contribution in [2.75, 3.05) is 14.2 Å². The van der Waals surface area contributed by atoms with E-state index in [1.807, 2.05) is 0 Å². The minimum Gasteiger partial charge on any atom is -0.494 e. The molecule has 0 radical (unpaired) electrons. The largest absolute Gasteiger partial charge is 0.494 e. The summed E-state index contributed by atoms with van der Waals surface area (Å²) in [5.41, 5.74) is -0.0295. The van der Waals surface area contributed by atoms with E-state index >= 15 is 0 Å². The molecule has 1 unspecified atom stereocenters. The van der Waals surface area contributed by atoms with Gasteiger partial charge >= 0.3 is 0 Å². The molecule has 3 nitrogen and oxygen atoms in total. The number of rotatable bonds is 4. The minimum absolute atomic E-state index is 0.184. The summed E-state index contributed by atoms with van der Waals surface area (Å²) in [4.78, 5) is 0. The van der Waals surface area contributed by atoms with Crippen LogP contribution in [0.15, 0.2) is 18.2 Å². The molecule has 0 amide bonds. The van der Waals surface area contributed by atoms with Crippen molar-refractivity contribution in [2.45, 2.75) is 37.4 Å². The molecule has 1 N–H and O–H groups in total. The zero-order valence-corrected chi connectivity index (χ0v) is 10.8. The highest BCUT2D eigenvalue weighted by atomic mass is 19.1. The predicted molar refractivity (Wildman–Crippen MR) is 66.1 cm³/mol. The van der Waals surface area contributed by atoms with Gasteiger partial charge in [-0.2, -0.15) is 0 Å². The van der Waals surface area contributed by atoms with Crippen LogP contribution in [0.25, 0.3) is 0 Å². The molecule has 1 atom stereocenters. The second-order valence-electron chi connectivity index (χ2n) is 4.77. The highest BCUT2D eigenvalue weighted by Gasteiger charge is 2.41. The number of aliphatic hydroxyl groups excluding tert-OH is 1. The van der Waals surface area contributed by atoms with Crippen LogP contribution in [0.5, 0.6) is 5.75 Å². The summed E-state index contributed by atoms with van der Waals surface area (Å²) >= 11 is 0. The van der Waals surface area contributed by atoms with E-state index in [4.69, 9.17) is 9.47 Å². The molecule has 1 fully saturated rings. The SMILES string of the molecule is COc1ccc(C(O)C2(OC)CCCC2)cc1F. The Morgan fingerprint density at radius 1 is 1.28 bits per heavy atom. The van der Waals surface area contributed by atoms with Gasteiger partial charge in [0.15, 0.2) is 11.6 Å². The van der Waals surface area contributed by atoms with Gasteiger partial charge in [0.2, 0.25) is 0 Å². The van der Waals surface area contributed by atoms with Crippen LogP contribution in [0.4, 0.5) is 4.39 Å². The minimum atomic E-state index is -0.801. The highest BCUT2D eigenvalue weighted by molar-refractivity contribution is 5.31. The van der Waals surface area contributed by atoms with E-state index in [1.54, 1.807) is 13.2 Å². The second kappa shape index (κ2) is 5.24. The van der Waals surface area contributed by atoms with Gasteiger partial charge in [-0.05, 0) is 30.5 Å². The molecular formula is C14H19FO3. The molecule has 0 aromatic heterocycles. The molecule has 4 heteroatoms. The Kier molecular flexibility index (Phi) is 3.88. The lowest BCUT2D eigenvalue weighted by Gasteiger charge is -2.33. The molecule has 1 aliphatic rings. The Labute approximate surface area is 107 Å². The van der Waals surface area contributed by atoms with Gasteiger partial charge in [0.05, 0.1) is 12.7 Å². The van der Waals surface area contributed by atoms with E-state index in [0.29, 0.717) is 5.56 Å². The third-order valence-corrected chi connectivity index (χ3v) is 3.85. The maximum atomic E-state index is 13.6. The molecule has 0 aliphatic heterocycles. The van der Waals surface area contributed by atoms with Crippen molar-refractivity contribution < 1.29 is 19.0 Å². The molecular weight excluding hydrogens is 235 g/mol. The molecule has 0 spiro atoms. The second-order valence-corrected chi connectivity index (χ2v) is 4.77. The summed E-state index contributed by atoms with van der Waals surface area (Å²) in [7, 11) is 3.02. The van der Waals surface area contributed by atoms with Crippen molar-refractivity contribution in [1.29, 1.82) is 0 Å². The molecule has 100 valence electrons. The summed E-state index contributed by atoms with van der Waals surface area (Å²) in [6.45, 7) is 0. The first-order valence-electron chi connectivity index (χ1n) is 6.19. The quantitative estimate of drug-likeness (QED) is 0.898. The van der Waals surface area contributed by atoms with Gasteiger partial charge in [0, 0.05) is 7.11 Å². The summed E-state index contributed by atoms with van der Waals surface area (Å²) in [6.07, 6.45) is 2.87. The van der Waals surface area contributed by atoms with Crippen molar-refractivity contribution in [1.82, 2.24) is 0 Å². The molecule has 0 heterocycles. The Morgan fingerprint density at radius 2 is 1.94 bits per heavy atom. The van der Waals surface area contributed by atoms with E-state index in [0.717, 1.165) is 25.7 Å². The monoisotopic (exact) mass is 254 g/mol. The van der Waals surface area contributed by atoms with Crippen LogP contribution >= 0.6 is 0 Å². The van der Waals surface area contributed by atoms with Crippen LogP contribution in [0.2, 0.25) is 0 Å². The summed E-state index contributed by atoms with van der Waals surface area (Å²) in [6, 6.07) is 4.54. The number of methoxy groups -OCH3 is 2. The average molecular weight is 254 g/mol.